The van der Waals surface area contributed by atoms with Crippen LogP contribution in [-0.2, 0) is 20.9 Å². The van der Waals surface area contributed by atoms with Gasteiger partial charge in [0.1, 0.15) is 0 Å². The highest BCUT2D eigenvalue weighted by atomic mass is 127. The van der Waals surface area contributed by atoms with Gasteiger partial charge in [-0.3, -0.25) is 19.4 Å². The van der Waals surface area contributed by atoms with Gasteiger partial charge in [-0.1, -0.05) is 43.7 Å². The molecule has 220 valence electrons. The van der Waals surface area contributed by atoms with E-state index < -0.39 is 29.6 Å². The van der Waals surface area contributed by atoms with E-state index in [2.05, 4.69) is 58.7 Å². The Morgan fingerprint density at radius 1 is 1.10 bits per heavy atom. The normalized spacial score (nSPS) is 32.3. The van der Waals surface area contributed by atoms with Crippen LogP contribution in [-0.4, -0.2) is 63.9 Å². The fourth-order valence-electron chi connectivity index (χ4n) is 7.86. The molecule has 2 aromatic carbocycles. The molecule has 3 saturated heterocycles. The fourth-order valence-corrected chi connectivity index (χ4v) is 8.49. The monoisotopic (exact) mass is 674 g/mol. The fraction of sp³-hybridized carbons (Fsp3) is 0.562. The van der Waals surface area contributed by atoms with E-state index in [9.17, 15) is 19.8 Å². The third kappa shape index (κ3) is 5.06. The average Bonchev–Trinajstić information content (AvgIpc) is 3.45. The number of nitrogens with zero attached hydrogens (tertiary/aromatic N) is 2. The molecule has 4 aliphatic rings. The van der Waals surface area contributed by atoms with Crippen LogP contribution in [0.1, 0.15) is 62.7 Å². The zero-order valence-electron chi connectivity index (χ0n) is 23.7. The number of amides is 2. The molecule has 3 aliphatic heterocycles. The van der Waals surface area contributed by atoms with Crippen molar-refractivity contribution in [2.24, 2.45) is 23.7 Å². The highest BCUT2D eigenvalue weighted by molar-refractivity contribution is 14.1. The topological polar surface area (TPSA) is 99.5 Å². The summed E-state index contributed by atoms with van der Waals surface area (Å²) in [7, 11) is 1.50. The Morgan fingerprint density at radius 2 is 1.83 bits per heavy atom. The first-order valence-electron chi connectivity index (χ1n) is 14.8. The zero-order chi connectivity index (χ0) is 28.9. The maximum absolute atomic E-state index is 14.1. The first kappa shape index (κ1) is 28.9. The standard InChI is InChI=1S/C32H39IN2O6/c1-3-7-21-16-23-28(24-17-26(41-32(21,24)39)20-14-25(33)29(36)27(15-20)40-2)31(38)35(30(23)37)22-10-12-34(13-11-22)18-19-8-5-4-6-9-19/h4-6,8-9,14-15,21-24,26,28,36,39H,3,7,10-13,16-18H2,1-2H3/t21-,23-,24-,26-,28-,32+/m0/s1. The number of carbonyl (C=O) groups excluding carboxylic acids is 2. The number of rotatable bonds is 7. The molecule has 0 radical (unpaired) electrons. The number of aliphatic hydroxyl groups is 1. The first-order chi connectivity index (χ1) is 19.7. The summed E-state index contributed by atoms with van der Waals surface area (Å²) < 4.78 is 12.5. The van der Waals surface area contributed by atoms with Gasteiger partial charge in [0.2, 0.25) is 11.8 Å². The summed E-state index contributed by atoms with van der Waals surface area (Å²) in [6.45, 7) is 4.62. The minimum absolute atomic E-state index is 0.0611. The summed E-state index contributed by atoms with van der Waals surface area (Å²) in [5.41, 5.74) is 2.06. The van der Waals surface area contributed by atoms with E-state index in [4.69, 9.17) is 9.47 Å². The molecule has 1 saturated carbocycles. The average molecular weight is 675 g/mol. The van der Waals surface area contributed by atoms with Crippen LogP contribution in [0.3, 0.4) is 0 Å². The van der Waals surface area contributed by atoms with Gasteiger partial charge in [-0.25, -0.2) is 0 Å². The first-order valence-corrected chi connectivity index (χ1v) is 15.9. The van der Waals surface area contributed by atoms with E-state index in [-0.39, 0.29) is 29.5 Å². The number of benzene rings is 2. The van der Waals surface area contributed by atoms with Gasteiger partial charge in [0.05, 0.1) is 28.6 Å². The van der Waals surface area contributed by atoms with E-state index in [1.807, 2.05) is 12.1 Å². The Hall–Kier alpha value is -2.21. The minimum Gasteiger partial charge on any atom is -0.504 e. The summed E-state index contributed by atoms with van der Waals surface area (Å²) in [4.78, 5) is 32.0. The van der Waals surface area contributed by atoms with Gasteiger partial charge in [-0.05, 0) is 78.0 Å². The molecule has 9 heteroatoms. The van der Waals surface area contributed by atoms with Crippen molar-refractivity contribution in [2.75, 3.05) is 20.2 Å². The van der Waals surface area contributed by atoms with Crippen molar-refractivity contribution >= 4 is 34.4 Å². The Balaban J connectivity index is 1.23. The maximum Gasteiger partial charge on any atom is 0.233 e. The van der Waals surface area contributed by atoms with Crippen molar-refractivity contribution in [2.45, 2.75) is 69.9 Å². The number of phenolic OH excluding ortho intramolecular Hbond substituents is 1. The van der Waals surface area contributed by atoms with Crippen molar-refractivity contribution in [3.8, 4) is 11.5 Å². The Bertz CT molecular complexity index is 1300. The van der Waals surface area contributed by atoms with Crippen LogP contribution >= 0.6 is 22.6 Å². The number of phenols is 1. The number of methoxy groups -OCH3 is 1. The zero-order valence-corrected chi connectivity index (χ0v) is 25.8. The SMILES string of the molecule is CCC[C@H]1C[C@@H]2C(=O)N(C3CCN(Cc4ccccc4)CC3)C(=O)[C@@H]2[C@@H]2C[C@@H](c3cc(I)c(O)c(OC)c3)O[C@]12O. The van der Waals surface area contributed by atoms with E-state index >= 15 is 0 Å². The molecule has 3 heterocycles. The summed E-state index contributed by atoms with van der Waals surface area (Å²) in [6.07, 6.45) is 3.53. The predicted octanol–water partition coefficient (Wildman–Crippen LogP) is 4.86. The van der Waals surface area contributed by atoms with Gasteiger partial charge >= 0.3 is 0 Å². The van der Waals surface area contributed by atoms with Crippen molar-refractivity contribution in [3.63, 3.8) is 0 Å². The van der Waals surface area contributed by atoms with Gasteiger partial charge in [0, 0.05) is 37.5 Å². The number of aromatic hydroxyl groups is 1. The molecule has 0 spiro atoms. The van der Waals surface area contributed by atoms with Crippen LogP contribution in [0.15, 0.2) is 42.5 Å². The lowest BCUT2D eigenvalue weighted by molar-refractivity contribution is -0.270. The summed E-state index contributed by atoms with van der Waals surface area (Å²) in [6, 6.07) is 13.9. The molecule has 2 N–H and O–H groups in total. The lowest BCUT2D eigenvalue weighted by atomic mass is 9.63. The Labute approximate surface area is 255 Å². The number of hydrogen-bond acceptors (Lipinski definition) is 7. The van der Waals surface area contributed by atoms with Crippen molar-refractivity contribution in [1.82, 2.24) is 9.80 Å². The maximum atomic E-state index is 14.1. The molecular weight excluding hydrogens is 635 g/mol. The van der Waals surface area contributed by atoms with Crippen LogP contribution in [0.5, 0.6) is 11.5 Å². The van der Waals surface area contributed by atoms with Gasteiger partial charge < -0.3 is 19.7 Å². The predicted molar refractivity (Wildman–Crippen MR) is 161 cm³/mol. The highest BCUT2D eigenvalue weighted by Gasteiger charge is 2.67. The largest absolute Gasteiger partial charge is 0.504 e. The number of carbonyl (C=O) groups is 2. The quantitative estimate of drug-likeness (QED) is 0.320. The lowest BCUT2D eigenvalue weighted by Gasteiger charge is -2.44. The summed E-state index contributed by atoms with van der Waals surface area (Å²) >= 11 is 2.06. The van der Waals surface area contributed by atoms with Gasteiger partial charge in [0.15, 0.2) is 17.3 Å². The van der Waals surface area contributed by atoms with Crippen LogP contribution in [0.2, 0.25) is 0 Å². The number of piperidine rings is 1. The third-order valence-corrected chi connectivity index (χ3v) is 10.7. The number of hydrogen-bond donors (Lipinski definition) is 2. The molecule has 4 fully saturated rings. The number of fused-ring (bicyclic) bond motifs is 3. The third-order valence-electron chi connectivity index (χ3n) is 9.85. The van der Waals surface area contributed by atoms with Gasteiger partial charge in [-0.15, -0.1) is 0 Å². The second kappa shape index (κ2) is 11.5. The molecule has 0 bridgehead atoms. The molecule has 0 aromatic heterocycles. The molecule has 6 atom stereocenters. The summed E-state index contributed by atoms with van der Waals surface area (Å²) in [5, 5.41) is 22.5. The molecule has 0 unspecified atom stereocenters. The Morgan fingerprint density at radius 3 is 2.51 bits per heavy atom. The number of imide groups is 1. The van der Waals surface area contributed by atoms with E-state index in [0.717, 1.165) is 50.9 Å². The highest BCUT2D eigenvalue weighted by Crippen LogP contribution is 2.59. The van der Waals surface area contributed by atoms with Crippen LogP contribution < -0.4 is 4.74 Å². The number of halogens is 1. The van der Waals surface area contributed by atoms with Crippen LogP contribution in [0, 0.1) is 27.2 Å². The summed E-state index contributed by atoms with van der Waals surface area (Å²) in [5.74, 6) is -2.96. The molecule has 8 nitrogen and oxygen atoms in total. The van der Waals surface area contributed by atoms with E-state index in [0.29, 0.717) is 22.2 Å². The van der Waals surface area contributed by atoms with Crippen molar-refractivity contribution in [3.05, 3.63) is 57.2 Å². The molecule has 2 amide bonds. The molecule has 2 aromatic rings. The molecule has 6 rings (SSSR count). The van der Waals surface area contributed by atoms with Crippen molar-refractivity contribution < 1.29 is 29.3 Å². The van der Waals surface area contributed by atoms with E-state index in [1.54, 1.807) is 11.0 Å². The van der Waals surface area contributed by atoms with Crippen LogP contribution in [0.4, 0.5) is 0 Å². The lowest BCUT2D eigenvalue weighted by Crippen LogP contribution is -2.53. The number of ether oxygens (including phenoxy) is 2. The smallest absolute Gasteiger partial charge is 0.233 e. The Kier molecular flexibility index (Phi) is 8.08. The van der Waals surface area contributed by atoms with Gasteiger partial charge in [0.25, 0.3) is 0 Å². The minimum atomic E-state index is -1.48. The second-order valence-electron chi connectivity index (χ2n) is 12.1. The van der Waals surface area contributed by atoms with Crippen LogP contribution in [0.25, 0.3) is 0 Å². The molecule has 1 aliphatic carbocycles. The van der Waals surface area contributed by atoms with Crippen molar-refractivity contribution in [1.29, 1.82) is 0 Å². The molecule has 41 heavy (non-hydrogen) atoms. The molecular formula is C32H39IN2O6. The van der Waals surface area contributed by atoms with E-state index in [1.165, 1.54) is 12.7 Å². The van der Waals surface area contributed by atoms with Gasteiger partial charge in [-0.2, -0.15) is 0 Å². The number of likely N-dealkylation sites (tertiary alicyclic amines) is 2. The second-order valence-corrected chi connectivity index (χ2v) is 13.3.